The second kappa shape index (κ2) is 6.61. The van der Waals surface area contributed by atoms with Gasteiger partial charge in [0, 0.05) is 23.0 Å². The van der Waals surface area contributed by atoms with Gasteiger partial charge in [0.2, 0.25) is 0 Å². The van der Waals surface area contributed by atoms with Crippen LogP contribution in [-0.4, -0.2) is 27.5 Å². The Bertz CT molecular complexity index is 977. The molecule has 0 aliphatic carbocycles. The lowest BCUT2D eigenvalue weighted by Crippen LogP contribution is -2.36. The van der Waals surface area contributed by atoms with E-state index >= 15 is 0 Å². The number of aromatic amines is 1. The molecular weight excluding hydrogens is 379 g/mol. The van der Waals surface area contributed by atoms with E-state index in [1.54, 1.807) is 30.9 Å². The number of nitrogens with zero attached hydrogens (tertiary/aromatic N) is 3. The van der Waals surface area contributed by atoms with Gasteiger partial charge in [0.25, 0.3) is 0 Å². The number of hydrogen-bond donors (Lipinski definition) is 3. The predicted octanol–water partition coefficient (Wildman–Crippen LogP) is 3.76. The third kappa shape index (κ3) is 3.19. The van der Waals surface area contributed by atoms with Crippen LogP contribution in [0.2, 0.25) is 10.0 Å². The largest absolute Gasteiger partial charge is 0.357 e. The van der Waals surface area contributed by atoms with Gasteiger partial charge in [-0.05, 0) is 24.3 Å². The number of nitrogens with one attached hydrogen (secondary N) is 2. The number of nitrogens with two attached hydrogens (primary N) is 1. The summed E-state index contributed by atoms with van der Waals surface area (Å²) in [4.78, 5) is 17.4. The van der Waals surface area contributed by atoms with E-state index in [0.717, 1.165) is 21.1 Å². The zero-order valence-electron chi connectivity index (χ0n) is 12.7. The summed E-state index contributed by atoms with van der Waals surface area (Å²) in [5, 5.41) is 4.74. The van der Waals surface area contributed by atoms with Gasteiger partial charge in [0.1, 0.15) is 16.5 Å². The molecule has 0 fully saturated rings. The maximum Gasteiger partial charge on any atom is 0.149 e. The minimum atomic E-state index is -0.300. The molecule has 0 radical (unpaired) electrons. The zero-order valence-corrected chi connectivity index (χ0v) is 15.0. The van der Waals surface area contributed by atoms with Crippen LogP contribution in [0.25, 0.3) is 27.7 Å². The van der Waals surface area contributed by atoms with Gasteiger partial charge in [-0.3, -0.25) is 0 Å². The number of hydrogen-bond acceptors (Lipinski definition) is 6. The van der Waals surface area contributed by atoms with Crippen molar-refractivity contribution in [1.29, 1.82) is 0 Å². The van der Waals surface area contributed by atoms with Crippen LogP contribution in [0, 0.1) is 0 Å². The summed E-state index contributed by atoms with van der Waals surface area (Å²) in [5.41, 5.74) is 8.11. The first-order chi connectivity index (χ1) is 12.1. The van der Waals surface area contributed by atoms with Crippen molar-refractivity contribution in [2.75, 3.05) is 0 Å². The highest BCUT2D eigenvalue weighted by molar-refractivity contribution is 7.16. The molecule has 1 atom stereocenters. The third-order valence-corrected chi connectivity index (χ3v) is 5.19. The van der Waals surface area contributed by atoms with Gasteiger partial charge in [-0.2, -0.15) is 0 Å². The smallest absolute Gasteiger partial charge is 0.149 e. The molecule has 4 N–H and O–H groups in total. The van der Waals surface area contributed by atoms with Crippen molar-refractivity contribution in [2.45, 2.75) is 6.17 Å². The molecule has 0 saturated heterocycles. The van der Waals surface area contributed by atoms with E-state index in [1.165, 1.54) is 11.3 Å². The summed E-state index contributed by atoms with van der Waals surface area (Å²) < 4.78 is 0. The number of benzene rings is 1. The molecular formula is C16H12Cl2N6S. The molecule has 6 nitrogen and oxygen atoms in total. The molecule has 0 spiro atoms. The molecule has 25 heavy (non-hydrogen) atoms. The van der Waals surface area contributed by atoms with E-state index in [0.29, 0.717) is 21.6 Å². The summed E-state index contributed by atoms with van der Waals surface area (Å²) in [7, 11) is 0. The minimum absolute atomic E-state index is 0.300. The van der Waals surface area contributed by atoms with Crippen LogP contribution in [0.4, 0.5) is 0 Å². The molecule has 1 unspecified atom stereocenters. The van der Waals surface area contributed by atoms with Crippen molar-refractivity contribution in [1.82, 2.24) is 20.3 Å². The highest BCUT2D eigenvalue weighted by Crippen LogP contribution is 2.41. The molecule has 1 aliphatic heterocycles. The van der Waals surface area contributed by atoms with Crippen molar-refractivity contribution >= 4 is 46.6 Å². The standard InChI is InChI=1S/C16H12Cl2N6S/c17-8-1-2-9(10(18)5-8)13-14(15-20-3-4-21-15)25-16(24-13)11-6-12(19)23-7-22-11/h1-7,12H,19H2,(H,20,21)(H,22,23). The SMILES string of the molecule is NC1C=C(c2nc(-c3ccc(Cl)cc3Cl)c(-c3ncc[nH]3)s2)N=CN1. The van der Waals surface area contributed by atoms with Gasteiger partial charge in [0.05, 0.1) is 28.1 Å². The van der Waals surface area contributed by atoms with Gasteiger partial charge < -0.3 is 16.0 Å². The van der Waals surface area contributed by atoms with Gasteiger partial charge in [0.15, 0.2) is 0 Å². The van der Waals surface area contributed by atoms with Gasteiger partial charge in [-0.1, -0.05) is 23.2 Å². The maximum atomic E-state index is 6.39. The first kappa shape index (κ1) is 16.3. The lowest BCUT2D eigenvalue weighted by molar-refractivity contribution is 0.771. The van der Waals surface area contributed by atoms with Crippen LogP contribution in [0.1, 0.15) is 5.01 Å². The van der Waals surface area contributed by atoms with Crippen LogP contribution >= 0.6 is 34.5 Å². The summed E-state index contributed by atoms with van der Waals surface area (Å²) in [5.74, 6) is 0.715. The van der Waals surface area contributed by atoms with Crippen LogP contribution in [-0.2, 0) is 0 Å². The molecule has 1 aromatic carbocycles. The van der Waals surface area contributed by atoms with Crippen molar-refractivity contribution < 1.29 is 0 Å². The normalized spacial score (nSPS) is 16.6. The van der Waals surface area contributed by atoms with Gasteiger partial charge >= 0.3 is 0 Å². The lowest BCUT2D eigenvalue weighted by atomic mass is 10.1. The molecule has 1 aliphatic rings. The number of rotatable bonds is 3. The summed E-state index contributed by atoms with van der Waals surface area (Å²) >= 11 is 13.9. The minimum Gasteiger partial charge on any atom is -0.357 e. The molecule has 3 heterocycles. The van der Waals surface area contributed by atoms with E-state index in [2.05, 4.69) is 20.3 Å². The fraction of sp³-hybridized carbons (Fsp3) is 0.0625. The molecule has 4 rings (SSSR count). The Morgan fingerprint density at radius 1 is 1.24 bits per heavy atom. The van der Waals surface area contributed by atoms with Crippen molar-refractivity contribution in [2.24, 2.45) is 10.7 Å². The maximum absolute atomic E-state index is 6.39. The van der Waals surface area contributed by atoms with Crippen LogP contribution < -0.4 is 11.1 Å². The molecule has 0 saturated carbocycles. The highest BCUT2D eigenvalue weighted by Gasteiger charge is 2.21. The summed E-state index contributed by atoms with van der Waals surface area (Å²) in [6.45, 7) is 0. The highest BCUT2D eigenvalue weighted by atomic mass is 35.5. The monoisotopic (exact) mass is 390 g/mol. The van der Waals surface area contributed by atoms with E-state index in [9.17, 15) is 0 Å². The molecule has 126 valence electrons. The fourth-order valence-electron chi connectivity index (χ4n) is 2.42. The van der Waals surface area contributed by atoms with Crippen molar-refractivity contribution in [3.8, 4) is 22.0 Å². The molecule has 2 aromatic heterocycles. The number of halogens is 2. The van der Waals surface area contributed by atoms with E-state index in [-0.39, 0.29) is 6.17 Å². The van der Waals surface area contributed by atoms with Crippen LogP contribution in [0.3, 0.4) is 0 Å². The Morgan fingerprint density at radius 3 is 2.84 bits per heavy atom. The molecule has 0 bridgehead atoms. The molecule has 9 heteroatoms. The Labute approximate surface area is 157 Å². The topological polar surface area (TPSA) is 92.0 Å². The zero-order chi connectivity index (χ0) is 17.4. The summed E-state index contributed by atoms with van der Waals surface area (Å²) in [6.07, 6.45) is 6.55. The Hall–Kier alpha value is -2.19. The van der Waals surface area contributed by atoms with E-state index in [4.69, 9.17) is 33.9 Å². The Morgan fingerprint density at radius 2 is 2.12 bits per heavy atom. The van der Waals surface area contributed by atoms with Crippen molar-refractivity contribution in [3.63, 3.8) is 0 Å². The molecule has 0 amide bonds. The first-order valence-electron chi connectivity index (χ1n) is 7.34. The Kier molecular flexibility index (Phi) is 4.30. The fourth-order valence-corrected chi connectivity index (χ4v) is 3.94. The second-order valence-electron chi connectivity index (χ2n) is 5.26. The second-order valence-corrected chi connectivity index (χ2v) is 7.10. The van der Waals surface area contributed by atoms with Crippen molar-refractivity contribution in [3.05, 3.63) is 51.7 Å². The third-order valence-electron chi connectivity index (χ3n) is 3.55. The van der Waals surface area contributed by atoms with E-state index in [1.807, 2.05) is 12.1 Å². The quantitative estimate of drug-likeness (QED) is 0.634. The Balaban J connectivity index is 1.89. The van der Waals surface area contributed by atoms with E-state index < -0.39 is 0 Å². The number of imidazole rings is 1. The number of aromatic nitrogens is 3. The lowest BCUT2D eigenvalue weighted by Gasteiger charge is -2.11. The first-order valence-corrected chi connectivity index (χ1v) is 8.91. The number of aliphatic imine (C=N–C) groups is 1. The molecule has 3 aromatic rings. The van der Waals surface area contributed by atoms with Crippen LogP contribution in [0.5, 0.6) is 0 Å². The predicted molar refractivity (Wildman–Crippen MR) is 103 cm³/mol. The average molecular weight is 391 g/mol. The number of thiazole rings is 1. The average Bonchev–Trinajstić information content (AvgIpc) is 3.24. The van der Waals surface area contributed by atoms with Gasteiger partial charge in [-0.25, -0.2) is 15.0 Å². The number of H-pyrrole nitrogens is 1. The van der Waals surface area contributed by atoms with Gasteiger partial charge in [-0.15, -0.1) is 11.3 Å². The summed E-state index contributed by atoms with van der Waals surface area (Å²) in [6, 6.07) is 5.33. The van der Waals surface area contributed by atoms with Crippen LogP contribution in [0.15, 0.2) is 41.7 Å².